The van der Waals surface area contributed by atoms with Crippen molar-refractivity contribution in [3.63, 3.8) is 0 Å². The molecule has 0 fully saturated rings. The molecule has 53 heavy (non-hydrogen) atoms. The molecule has 0 atom stereocenters. The number of benzene rings is 4. The monoisotopic (exact) mass is 717 g/mol. The average Bonchev–Trinajstić information content (AvgIpc) is 3.69. The molecule has 2 aromatic heterocycles. The van der Waals surface area contributed by atoms with E-state index < -0.39 is 6.09 Å². The molecule has 0 bridgehead atoms. The lowest BCUT2D eigenvalue weighted by atomic mass is 9.98. The number of aromatic nitrogens is 5. The topological polar surface area (TPSA) is 144 Å². The number of carbonyl (C=O) groups is 1. The Hall–Kier alpha value is -6.41. The molecular weight excluding hydrogens is 678 g/mol. The van der Waals surface area contributed by atoms with Crippen LogP contribution in [0.5, 0.6) is 34.6 Å². The summed E-state index contributed by atoms with van der Waals surface area (Å²) in [4.78, 5) is 21.5. The molecule has 14 nitrogen and oxygen atoms in total. The molecule has 272 valence electrons. The lowest BCUT2D eigenvalue weighted by Crippen LogP contribution is -2.32. The van der Waals surface area contributed by atoms with Gasteiger partial charge in [-0.05, 0) is 77.2 Å². The van der Waals surface area contributed by atoms with Crippen molar-refractivity contribution >= 4 is 22.7 Å². The third kappa shape index (κ3) is 7.48. The van der Waals surface area contributed by atoms with E-state index in [1.165, 1.54) is 35.7 Å². The summed E-state index contributed by atoms with van der Waals surface area (Å²) >= 11 is 0. The van der Waals surface area contributed by atoms with E-state index in [4.69, 9.17) is 28.4 Å². The largest absolute Gasteiger partial charge is 0.496 e. The number of carbonyl (C=O) groups excluding carboxylic acids is 1. The van der Waals surface area contributed by atoms with E-state index in [0.29, 0.717) is 34.0 Å². The molecular formula is C39H39N7O7. The van der Waals surface area contributed by atoms with Crippen molar-refractivity contribution in [2.75, 3.05) is 54.0 Å². The molecule has 1 aliphatic heterocycles. The highest BCUT2D eigenvalue weighted by molar-refractivity contribution is 5.93. The Kier molecular flexibility index (Phi) is 10.2. The minimum Gasteiger partial charge on any atom is -0.496 e. The van der Waals surface area contributed by atoms with Gasteiger partial charge >= 0.3 is 6.09 Å². The molecule has 3 heterocycles. The highest BCUT2D eigenvalue weighted by atomic mass is 16.6. The number of hydrogen-bond acceptors (Lipinski definition) is 12. The fraction of sp³-hybridized carbons (Fsp3) is 0.256. The molecule has 14 heteroatoms. The lowest BCUT2D eigenvalue weighted by Gasteiger charge is -2.29. The van der Waals surface area contributed by atoms with Gasteiger partial charge in [0.05, 0.1) is 58.0 Å². The second-order valence-electron chi connectivity index (χ2n) is 12.3. The zero-order valence-electron chi connectivity index (χ0n) is 30.1. The van der Waals surface area contributed by atoms with Crippen LogP contribution in [0.4, 0.5) is 10.5 Å². The minimum absolute atomic E-state index is 0.0653. The number of fused-ring (bicyclic) bond motifs is 2. The van der Waals surface area contributed by atoms with Gasteiger partial charge in [0.25, 0.3) is 0 Å². The lowest BCUT2D eigenvalue weighted by molar-refractivity contribution is 0.213. The second kappa shape index (κ2) is 15.5. The van der Waals surface area contributed by atoms with Gasteiger partial charge in [0.1, 0.15) is 5.75 Å². The maximum Gasteiger partial charge on any atom is 0.418 e. The van der Waals surface area contributed by atoms with E-state index in [-0.39, 0.29) is 11.7 Å². The van der Waals surface area contributed by atoms with E-state index in [2.05, 4.69) is 54.9 Å². The summed E-state index contributed by atoms with van der Waals surface area (Å²) in [7, 11) is 7.90. The smallest absolute Gasteiger partial charge is 0.418 e. The first-order valence-electron chi connectivity index (χ1n) is 16.9. The first-order valence-corrected chi connectivity index (χ1v) is 16.9. The van der Waals surface area contributed by atoms with Gasteiger partial charge < -0.3 is 28.4 Å². The van der Waals surface area contributed by atoms with Crippen molar-refractivity contribution in [2.24, 2.45) is 0 Å². The van der Waals surface area contributed by atoms with Crippen LogP contribution in [0.25, 0.3) is 28.0 Å². The number of anilines is 1. The molecule has 1 amide bonds. The number of nitrogens with zero attached hydrogens (tertiary/aromatic N) is 6. The molecule has 7 rings (SSSR count). The first kappa shape index (κ1) is 35.0. The Morgan fingerprint density at radius 3 is 2.19 bits per heavy atom. The summed E-state index contributed by atoms with van der Waals surface area (Å²) in [5, 5.41) is 16.8. The van der Waals surface area contributed by atoms with Crippen molar-refractivity contribution < 1.29 is 33.2 Å². The number of para-hydroxylation sites is 1. The first-order chi connectivity index (χ1) is 25.9. The van der Waals surface area contributed by atoms with E-state index in [1.807, 2.05) is 36.4 Å². The Morgan fingerprint density at radius 2 is 1.45 bits per heavy atom. The molecule has 0 aliphatic carbocycles. The second-order valence-corrected chi connectivity index (χ2v) is 12.3. The molecule has 1 aliphatic rings. The van der Waals surface area contributed by atoms with Crippen molar-refractivity contribution in [3.05, 3.63) is 95.6 Å². The summed E-state index contributed by atoms with van der Waals surface area (Å²) in [5.74, 6) is 3.16. The van der Waals surface area contributed by atoms with Crippen LogP contribution in [0.1, 0.15) is 16.7 Å². The molecule has 6 aromatic rings. The quantitative estimate of drug-likeness (QED) is 0.155. The van der Waals surface area contributed by atoms with Crippen molar-refractivity contribution in [3.8, 4) is 51.7 Å². The molecule has 4 aromatic carbocycles. The molecule has 0 saturated carbocycles. The third-order valence-corrected chi connectivity index (χ3v) is 9.17. The predicted molar refractivity (Wildman–Crippen MR) is 198 cm³/mol. The average molecular weight is 718 g/mol. The van der Waals surface area contributed by atoms with Gasteiger partial charge in [-0.25, -0.2) is 9.78 Å². The predicted octanol–water partition coefficient (Wildman–Crippen LogP) is 6.13. The Morgan fingerprint density at radius 1 is 0.774 bits per heavy atom. The number of tetrazole rings is 1. The summed E-state index contributed by atoms with van der Waals surface area (Å²) in [6.45, 7) is 2.76. The van der Waals surface area contributed by atoms with Gasteiger partial charge in [0.2, 0.25) is 11.7 Å². The molecule has 0 spiro atoms. The van der Waals surface area contributed by atoms with Crippen LogP contribution < -0.4 is 33.7 Å². The zero-order chi connectivity index (χ0) is 36.9. The summed E-state index contributed by atoms with van der Waals surface area (Å²) in [6.07, 6.45) is 1.06. The fourth-order valence-corrected chi connectivity index (χ4v) is 6.39. The number of nitrogens with one attached hydrogen (secondary N) is 1. The van der Waals surface area contributed by atoms with Gasteiger partial charge in [0.15, 0.2) is 23.0 Å². The van der Waals surface area contributed by atoms with E-state index in [1.54, 1.807) is 39.5 Å². The van der Waals surface area contributed by atoms with Crippen molar-refractivity contribution in [1.82, 2.24) is 30.1 Å². The van der Waals surface area contributed by atoms with Gasteiger partial charge in [-0.1, -0.05) is 24.3 Å². The number of methoxy groups -OCH3 is 5. The summed E-state index contributed by atoms with van der Waals surface area (Å²) in [6, 6.07) is 24.5. The van der Waals surface area contributed by atoms with Crippen LogP contribution in [0.15, 0.2) is 78.9 Å². The van der Waals surface area contributed by atoms with E-state index >= 15 is 0 Å². The summed E-state index contributed by atoms with van der Waals surface area (Å²) < 4.78 is 33.1. The number of amides is 1. The van der Waals surface area contributed by atoms with E-state index in [0.717, 1.165) is 55.0 Å². The number of ether oxygens (including phenoxy) is 6. The number of rotatable bonds is 12. The summed E-state index contributed by atoms with van der Waals surface area (Å²) in [5.41, 5.74) is 5.86. The third-order valence-electron chi connectivity index (χ3n) is 9.17. The van der Waals surface area contributed by atoms with Crippen LogP contribution >= 0.6 is 0 Å². The van der Waals surface area contributed by atoms with Crippen molar-refractivity contribution in [1.29, 1.82) is 0 Å². The Balaban J connectivity index is 1.05. The molecule has 0 saturated heterocycles. The van der Waals surface area contributed by atoms with Crippen LogP contribution in [0.3, 0.4) is 0 Å². The molecule has 0 unspecified atom stereocenters. The maximum atomic E-state index is 13.2. The SMILES string of the molecule is COc1cc2c(cc1OC)CN(CCc1ccc(-n3nnc(-c4cc(OC)c(OC)cc4NC(=O)Oc4cc(OC)c5ccccc5n4)n3)cc1)CC2. The van der Waals surface area contributed by atoms with Crippen LogP contribution in [0.2, 0.25) is 0 Å². The van der Waals surface area contributed by atoms with Gasteiger partial charge in [-0.15, -0.1) is 15.0 Å². The highest BCUT2D eigenvalue weighted by Crippen LogP contribution is 2.38. The van der Waals surface area contributed by atoms with Gasteiger partial charge in [-0.3, -0.25) is 10.2 Å². The number of hydrogen-bond donors (Lipinski definition) is 1. The van der Waals surface area contributed by atoms with Crippen LogP contribution in [-0.4, -0.2) is 84.8 Å². The highest BCUT2D eigenvalue weighted by Gasteiger charge is 2.22. The molecule has 0 radical (unpaired) electrons. The Labute approximate surface area is 306 Å². The van der Waals surface area contributed by atoms with Gasteiger partial charge in [0, 0.05) is 37.2 Å². The van der Waals surface area contributed by atoms with E-state index in [9.17, 15) is 4.79 Å². The van der Waals surface area contributed by atoms with Crippen molar-refractivity contribution in [2.45, 2.75) is 19.4 Å². The number of pyridine rings is 1. The maximum absolute atomic E-state index is 13.2. The minimum atomic E-state index is -0.792. The van der Waals surface area contributed by atoms with Gasteiger partial charge in [-0.2, -0.15) is 0 Å². The Bertz CT molecular complexity index is 2260. The van der Waals surface area contributed by atoms with Crippen LogP contribution in [-0.2, 0) is 19.4 Å². The fourth-order valence-electron chi connectivity index (χ4n) is 6.39. The normalized spacial score (nSPS) is 12.5. The zero-order valence-corrected chi connectivity index (χ0v) is 30.1. The van der Waals surface area contributed by atoms with Crippen LogP contribution in [0, 0.1) is 0 Å². The molecule has 1 N–H and O–H groups in total. The standard InChI is InChI=1S/C39H39N7O7/c1-48-32-22-37(40-30-9-7-6-8-28(30)32)53-39(47)41-31-21-36(52-5)35(51-4)20-29(31)38-42-44-46(43-38)27-12-10-24(11-13-27)14-16-45-17-15-25-18-33(49-2)34(50-3)19-26(25)23-45/h6-13,18-22H,14-17,23H2,1-5H3,(H,41,47).